The average molecular weight is 515 g/mol. The van der Waals surface area contributed by atoms with E-state index in [9.17, 15) is 14.7 Å². The van der Waals surface area contributed by atoms with Crippen molar-refractivity contribution in [3.8, 4) is 45.6 Å². The summed E-state index contributed by atoms with van der Waals surface area (Å²) in [5.74, 6) is -0.809. The fraction of sp³-hybridized carbons (Fsp3) is 0.333. The number of hydrogen-bond donors (Lipinski definition) is 1. The summed E-state index contributed by atoms with van der Waals surface area (Å²) in [4.78, 5) is 26.6. The number of carbonyl (C=O) groups excluding carboxylic acids is 2. The van der Waals surface area contributed by atoms with Crippen molar-refractivity contribution in [2.45, 2.75) is 13.8 Å². The van der Waals surface area contributed by atoms with E-state index in [1.165, 1.54) is 41.6 Å². The van der Waals surface area contributed by atoms with Crippen LogP contribution in [0.3, 0.4) is 0 Å². The Morgan fingerprint density at radius 1 is 0.703 bits per heavy atom. The minimum Gasteiger partial charge on any atom is -0.506 e. The Morgan fingerprint density at radius 3 is 1.78 bits per heavy atom. The van der Waals surface area contributed by atoms with Gasteiger partial charge in [-0.25, -0.2) is 9.59 Å². The zero-order valence-electron chi connectivity index (χ0n) is 21.8. The van der Waals surface area contributed by atoms with Crippen LogP contribution in [0.5, 0.6) is 34.5 Å². The molecule has 0 heterocycles. The number of carbonyl (C=O) groups is 2. The molecule has 0 aliphatic rings. The van der Waals surface area contributed by atoms with Crippen molar-refractivity contribution in [1.29, 1.82) is 0 Å². The number of aromatic hydroxyl groups is 1. The van der Waals surface area contributed by atoms with Gasteiger partial charge in [0.1, 0.15) is 11.3 Å². The molecule has 198 valence electrons. The zero-order chi connectivity index (χ0) is 27.3. The highest BCUT2D eigenvalue weighted by molar-refractivity contribution is 6.20. The van der Waals surface area contributed by atoms with Crippen LogP contribution in [0.25, 0.3) is 21.9 Å². The SMILES string of the molecule is CCOC(=O)c1c(C(=O)OCC)c(-c2ccc(OC)c(OC)c2)c2c(OC)c(OC)c(OC)cc2c1O. The van der Waals surface area contributed by atoms with Gasteiger partial charge in [0, 0.05) is 16.3 Å². The summed E-state index contributed by atoms with van der Waals surface area (Å²) in [5, 5.41) is 11.8. The summed E-state index contributed by atoms with van der Waals surface area (Å²) < 4.78 is 38.1. The molecular weight excluding hydrogens is 484 g/mol. The first-order valence-electron chi connectivity index (χ1n) is 11.4. The van der Waals surface area contributed by atoms with Gasteiger partial charge in [-0.3, -0.25) is 0 Å². The fourth-order valence-electron chi connectivity index (χ4n) is 4.18. The highest BCUT2D eigenvalue weighted by atomic mass is 16.5. The van der Waals surface area contributed by atoms with Crippen LogP contribution < -0.4 is 23.7 Å². The number of esters is 2. The predicted molar refractivity (Wildman–Crippen MR) is 136 cm³/mol. The molecule has 0 amide bonds. The molecule has 3 aromatic rings. The third kappa shape index (κ3) is 4.74. The summed E-state index contributed by atoms with van der Waals surface area (Å²) in [6.07, 6.45) is 0. The van der Waals surface area contributed by atoms with E-state index in [0.29, 0.717) is 17.1 Å². The number of ether oxygens (including phenoxy) is 7. The lowest BCUT2D eigenvalue weighted by Crippen LogP contribution is -2.17. The molecule has 10 heteroatoms. The largest absolute Gasteiger partial charge is 0.506 e. The van der Waals surface area contributed by atoms with Crippen molar-refractivity contribution in [1.82, 2.24) is 0 Å². The molecule has 3 rings (SSSR count). The van der Waals surface area contributed by atoms with E-state index in [4.69, 9.17) is 33.2 Å². The highest BCUT2D eigenvalue weighted by Crippen LogP contribution is 2.52. The average Bonchev–Trinajstić information content (AvgIpc) is 2.91. The number of benzene rings is 3. The first-order valence-corrected chi connectivity index (χ1v) is 11.4. The summed E-state index contributed by atoms with van der Waals surface area (Å²) in [6, 6.07) is 6.46. The number of hydrogen-bond acceptors (Lipinski definition) is 10. The lowest BCUT2D eigenvalue weighted by Gasteiger charge is -2.22. The number of fused-ring (bicyclic) bond motifs is 1. The molecule has 0 fully saturated rings. The molecule has 1 N–H and O–H groups in total. The molecule has 0 saturated heterocycles. The Hall–Kier alpha value is -4.34. The van der Waals surface area contributed by atoms with E-state index < -0.39 is 17.7 Å². The topological polar surface area (TPSA) is 119 Å². The molecule has 37 heavy (non-hydrogen) atoms. The molecule has 10 nitrogen and oxygen atoms in total. The van der Waals surface area contributed by atoms with E-state index in [1.807, 2.05) is 0 Å². The molecule has 0 spiro atoms. The van der Waals surface area contributed by atoms with E-state index in [2.05, 4.69) is 0 Å². The smallest absolute Gasteiger partial charge is 0.342 e. The van der Waals surface area contributed by atoms with Crippen molar-refractivity contribution in [2.24, 2.45) is 0 Å². The molecule has 0 aliphatic heterocycles. The van der Waals surface area contributed by atoms with Crippen LogP contribution in [-0.4, -0.2) is 65.8 Å². The van der Waals surface area contributed by atoms with Crippen molar-refractivity contribution < 1.29 is 47.9 Å². The summed E-state index contributed by atoms with van der Waals surface area (Å²) in [5.41, 5.74) is 0.115. The van der Waals surface area contributed by atoms with Gasteiger partial charge in [0.2, 0.25) is 5.75 Å². The molecule has 0 bridgehead atoms. The molecule has 0 saturated carbocycles. The van der Waals surface area contributed by atoms with Crippen LogP contribution >= 0.6 is 0 Å². The van der Waals surface area contributed by atoms with E-state index >= 15 is 0 Å². The molecule has 0 aliphatic carbocycles. The van der Waals surface area contributed by atoms with E-state index in [-0.39, 0.29) is 57.9 Å². The maximum Gasteiger partial charge on any atom is 0.342 e. The van der Waals surface area contributed by atoms with Gasteiger partial charge in [0.25, 0.3) is 0 Å². The lowest BCUT2D eigenvalue weighted by molar-refractivity contribution is 0.0477. The van der Waals surface area contributed by atoms with Gasteiger partial charge in [-0.2, -0.15) is 0 Å². The first kappa shape index (κ1) is 27.3. The van der Waals surface area contributed by atoms with Gasteiger partial charge >= 0.3 is 11.9 Å². The maximum atomic E-state index is 13.4. The molecule has 0 aromatic heterocycles. The number of phenolic OH excluding ortho intramolecular Hbond substituents is 1. The Balaban J connectivity index is 2.70. The molecule has 0 atom stereocenters. The standard InChI is InChI=1S/C27H30O10/c1-8-36-26(29)21-19(14-10-11-16(31-3)17(12-14)32-4)20-15(23(28)22(21)27(30)37-9-2)13-18(33-5)24(34-6)25(20)35-7/h10-13,28H,8-9H2,1-7H3. The van der Waals surface area contributed by atoms with Crippen molar-refractivity contribution >= 4 is 22.7 Å². The van der Waals surface area contributed by atoms with Gasteiger partial charge in [0.05, 0.1) is 54.3 Å². The van der Waals surface area contributed by atoms with Gasteiger partial charge in [-0.05, 0) is 37.6 Å². The van der Waals surface area contributed by atoms with Gasteiger partial charge in [-0.1, -0.05) is 6.07 Å². The van der Waals surface area contributed by atoms with Crippen LogP contribution in [0.4, 0.5) is 0 Å². The van der Waals surface area contributed by atoms with Gasteiger partial charge < -0.3 is 38.3 Å². The Kier molecular flexibility index (Phi) is 8.54. The zero-order valence-corrected chi connectivity index (χ0v) is 21.8. The monoisotopic (exact) mass is 514 g/mol. The maximum absolute atomic E-state index is 13.4. The van der Waals surface area contributed by atoms with E-state index in [1.54, 1.807) is 32.0 Å². The molecular formula is C27H30O10. The second-order valence-electron chi connectivity index (χ2n) is 7.55. The van der Waals surface area contributed by atoms with Gasteiger partial charge in [-0.15, -0.1) is 0 Å². The minimum absolute atomic E-state index is 0.0134. The fourth-order valence-corrected chi connectivity index (χ4v) is 4.18. The Morgan fingerprint density at radius 2 is 1.27 bits per heavy atom. The second kappa shape index (κ2) is 11.6. The number of phenols is 1. The lowest BCUT2D eigenvalue weighted by atomic mass is 9.87. The summed E-state index contributed by atoms with van der Waals surface area (Å²) >= 11 is 0. The van der Waals surface area contributed by atoms with Crippen LogP contribution in [0.2, 0.25) is 0 Å². The van der Waals surface area contributed by atoms with Crippen molar-refractivity contribution in [2.75, 3.05) is 48.8 Å². The van der Waals surface area contributed by atoms with Crippen molar-refractivity contribution in [3.63, 3.8) is 0 Å². The van der Waals surface area contributed by atoms with E-state index in [0.717, 1.165) is 0 Å². The highest BCUT2D eigenvalue weighted by Gasteiger charge is 2.34. The van der Waals surface area contributed by atoms with Crippen LogP contribution in [0.1, 0.15) is 34.6 Å². The number of methoxy groups -OCH3 is 5. The Bertz CT molecular complexity index is 1330. The van der Waals surface area contributed by atoms with Crippen LogP contribution in [-0.2, 0) is 9.47 Å². The first-order chi connectivity index (χ1) is 17.8. The predicted octanol–water partition coefficient (Wildman–Crippen LogP) is 4.61. The minimum atomic E-state index is -0.902. The molecule has 3 aromatic carbocycles. The summed E-state index contributed by atoms with van der Waals surface area (Å²) in [7, 11) is 7.24. The third-order valence-electron chi connectivity index (χ3n) is 5.70. The second-order valence-corrected chi connectivity index (χ2v) is 7.55. The third-order valence-corrected chi connectivity index (χ3v) is 5.70. The normalized spacial score (nSPS) is 10.6. The molecule has 0 unspecified atom stereocenters. The van der Waals surface area contributed by atoms with Crippen molar-refractivity contribution in [3.05, 3.63) is 35.4 Å². The quantitative estimate of drug-likeness (QED) is 0.384. The number of rotatable bonds is 10. The van der Waals surface area contributed by atoms with Crippen LogP contribution in [0.15, 0.2) is 24.3 Å². The molecule has 0 radical (unpaired) electrons. The van der Waals surface area contributed by atoms with Gasteiger partial charge in [0.15, 0.2) is 23.0 Å². The summed E-state index contributed by atoms with van der Waals surface area (Å²) in [6.45, 7) is 3.29. The van der Waals surface area contributed by atoms with Crippen LogP contribution in [0, 0.1) is 0 Å². The Labute approximate surface area is 214 Å².